The van der Waals surface area contributed by atoms with Crippen molar-refractivity contribution in [2.75, 3.05) is 0 Å². The van der Waals surface area contributed by atoms with Crippen molar-refractivity contribution in [3.05, 3.63) is 34.3 Å². The number of hydrogen-bond donors (Lipinski definition) is 2. The van der Waals surface area contributed by atoms with Gasteiger partial charge in [-0.1, -0.05) is 48.8 Å². The summed E-state index contributed by atoms with van der Waals surface area (Å²) in [5.74, 6) is -1.18. The molecule has 28 heavy (non-hydrogen) atoms. The smallest absolute Gasteiger partial charge is 0.408 e. The molecule has 0 fully saturated rings. The third-order valence-electron chi connectivity index (χ3n) is 4.67. The molecule has 2 unspecified atom stereocenters. The SMILES string of the molecule is CC(C)(C)OC(=O)NC(C(=O)O)C(O[Si](C)(C)C(C)(C)C)c1ccc(Br)cc1. The molecule has 6 nitrogen and oxygen atoms in total. The highest BCUT2D eigenvalue weighted by Crippen LogP contribution is 2.40. The van der Waals surface area contributed by atoms with E-state index in [4.69, 9.17) is 9.16 Å². The molecule has 8 heteroatoms. The molecule has 0 aliphatic carbocycles. The van der Waals surface area contributed by atoms with Gasteiger partial charge in [0.05, 0.1) is 0 Å². The molecule has 158 valence electrons. The van der Waals surface area contributed by atoms with Crippen molar-refractivity contribution in [2.24, 2.45) is 0 Å². The van der Waals surface area contributed by atoms with Gasteiger partial charge < -0.3 is 19.6 Å². The van der Waals surface area contributed by atoms with Gasteiger partial charge in [0, 0.05) is 4.47 Å². The van der Waals surface area contributed by atoms with Gasteiger partial charge in [0.25, 0.3) is 0 Å². The molecule has 2 N–H and O–H groups in total. The van der Waals surface area contributed by atoms with Crippen LogP contribution in [0.3, 0.4) is 0 Å². The average Bonchev–Trinajstić information content (AvgIpc) is 2.48. The summed E-state index contributed by atoms with van der Waals surface area (Å²) in [4.78, 5) is 24.4. The predicted octanol–water partition coefficient (Wildman–Crippen LogP) is 5.49. The quantitative estimate of drug-likeness (QED) is 0.533. The Hall–Kier alpha value is -1.38. The molecule has 0 bridgehead atoms. The van der Waals surface area contributed by atoms with Crippen LogP contribution in [0.2, 0.25) is 18.1 Å². The van der Waals surface area contributed by atoms with Crippen molar-refractivity contribution >= 4 is 36.3 Å². The maximum atomic E-state index is 12.3. The van der Waals surface area contributed by atoms with Gasteiger partial charge in [0.1, 0.15) is 11.7 Å². The van der Waals surface area contributed by atoms with Gasteiger partial charge in [-0.25, -0.2) is 9.59 Å². The predicted molar refractivity (Wildman–Crippen MR) is 116 cm³/mol. The number of rotatable bonds is 6. The summed E-state index contributed by atoms with van der Waals surface area (Å²) < 4.78 is 12.6. The number of carboxylic acids is 1. The average molecular weight is 474 g/mol. The highest BCUT2D eigenvalue weighted by molar-refractivity contribution is 9.10. The van der Waals surface area contributed by atoms with Crippen LogP contribution in [0, 0.1) is 0 Å². The number of amides is 1. The van der Waals surface area contributed by atoms with Crippen LogP contribution in [0.5, 0.6) is 0 Å². The normalized spacial score (nSPS) is 14.9. The lowest BCUT2D eigenvalue weighted by Crippen LogP contribution is -2.51. The molecule has 0 radical (unpaired) electrons. The molecule has 1 amide bonds. The Morgan fingerprint density at radius 1 is 1.07 bits per heavy atom. The second kappa shape index (κ2) is 8.96. The Morgan fingerprint density at radius 2 is 1.57 bits per heavy atom. The molecule has 0 aliphatic rings. The molecule has 0 heterocycles. The van der Waals surface area contributed by atoms with Crippen LogP contribution >= 0.6 is 15.9 Å². The number of carboxylic acid groups (broad SMARTS) is 1. The van der Waals surface area contributed by atoms with Crippen LogP contribution in [-0.2, 0) is 14.0 Å². The van der Waals surface area contributed by atoms with Gasteiger partial charge >= 0.3 is 12.1 Å². The van der Waals surface area contributed by atoms with E-state index in [0.29, 0.717) is 5.56 Å². The van der Waals surface area contributed by atoms with E-state index in [1.54, 1.807) is 32.9 Å². The second-order valence-corrected chi connectivity index (χ2v) is 15.0. The summed E-state index contributed by atoms with van der Waals surface area (Å²) in [7, 11) is -2.34. The first-order valence-electron chi connectivity index (χ1n) is 9.19. The molecule has 0 saturated carbocycles. The lowest BCUT2D eigenvalue weighted by molar-refractivity contribution is -0.142. The number of halogens is 1. The number of carbonyl (C=O) groups excluding carboxylic acids is 1. The van der Waals surface area contributed by atoms with Crippen molar-refractivity contribution in [1.82, 2.24) is 5.32 Å². The van der Waals surface area contributed by atoms with Crippen molar-refractivity contribution in [3.63, 3.8) is 0 Å². The van der Waals surface area contributed by atoms with Crippen molar-refractivity contribution in [1.29, 1.82) is 0 Å². The Balaban J connectivity index is 3.30. The lowest BCUT2D eigenvalue weighted by Gasteiger charge is -2.41. The molecule has 0 saturated heterocycles. The molecular weight excluding hydrogens is 442 g/mol. The fourth-order valence-corrected chi connectivity index (χ4v) is 3.70. The van der Waals surface area contributed by atoms with Crippen LogP contribution in [0.4, 0.5) is 4.79 Å². The zero-order chi connectivity index (χ0) is 21.9. The number of nitrogens with one attached hydrogen (secondary N) is 1. The number of alkyl carbamates (subject to hydrolysis) is 1. The molecule has 1 rings (SSSR count). The minimum atomic E-state index is -2.34. The van der Waals surface area contributed by atoms with Crippen molar-refractivity contribution < 1.29 is 23.9 Å². The first-order chi connectivity index (χ1) is 12.5. The summed E-state index contributed by atoms with van der Waals surface area (Å²) in [5, 5.41) is 12.2. The third kappa shape index (κ3) is 7.22. The lowest BCUT2D eigenvalue weighted by atomic mass is 10.0. The first kappa shape index (κ1) is 24.7. The van der Waals surface area contributed by atoms with Crippen LogP contribution in [0.1, 0.15) is 53.2 Å². The minimum absolute atomic E-state index is 0.129. The number of ether oxygens (including phenoxy) is 1. The molecule has 0 aliphatic heterocycles. The van der Waals surface area contributed by atoms with Crippen molar-refractivity contribution in [2.45, 2.75) is 77.4 Å². The van der Waals surface area contributed by atoms with Crippen LogP contribution in [-0.4, -0.2) is 37.1 Å². The molecule has 0 aromatic heterocycles. The van der Waals surface area contributed by atoms with E-state index >= 15 is 0 Å². The fraction of sp³-hybridized carbons (Fsp3) is 0.600. The summed E-state index contributed by atoms with van der Waals surface area (Å²) in [6.45, 7) is 15.5. The van der Waals surface area contributed by atoms with E-state index in [2.05, 4.69) is 42.0 Å². The Labute approximate surface area is 177 Å². The van der Waals surface area contributed by atoms with E-state index in [-0.39, 0.29) is 5.04 Å². The standard InChI is InChI=1S/C20H32BrNO5Si/c1-19(2,3)26-18(25)22-15(17(23)24)16(13-9-11-14(21)12-10-13)27-28(7,8)20(4,5)6/h9-12,15-16H,1-8H3,(H,22,25)(H,23,24). The first-order valence-corrected chi connectivity index (χ1v) is 12.9. The summed E-state index contributed by atoms with van der Waals surface area (Å²) in [6.07, 6.45) is -1.64. The van der Waals surface area contributed by atoms with Gasteiger partial charge in [-0.05, 0) is 56.6 Å². The van der Waals surface area contributed by atoms with E-state index in [9.17, 15) is 14.7 Å². The zero-order valence-corrected chi connectivity index (χ0v) is 20.5. The maximum Gasteiger partial charge on any atom is 0.408 e. The van der Waals surface area contributed by atoms with Gasteiger partial charge in [-0.2, -0.15) is 0 Å². The fourth-order valence-electron chi connectivity index (χ4n) is 2.18. The third-order valence-corrected chi connectivity index (χ3v) is 9.65. The van der Waals surface area contributed by atoms with E-state index in [1.165, 1.54) is 0 Å². The monoisotopic (exact) mass is 473 g/mol. The zero-order valence-electron chi connectivity index (χ0n) is 17.9. The van der Waals surface area contributed by atoms with Gasteiger partial charge in [-0.15, -0.1) is 0 Å². The van der Waals surface area contributed by atoms with E-state index in [0.717, 1.165) is 4.47 Å². The van der Waals surface area contributed by atoms with E-state index < -0.39 is 38.1 Å². The van der Waals surface area contributed by atoms with Crippen LogP contribution < -0.4 is 5.32 Å². The topological polar surface area (TPSA) is 84.9 Å². The molecule has 1 aromatic carbocycles. The Bertz CT molecular complexity index is 692. The largest absolute Gasteiger partial charge is 0.480 e. The van der Waals surface area contributed by atoms with Gasteiger partial charge in [0.2, 0.25) is 0 Å². The molecule has 1 aromatic rings. The van der Waals surface area contributed by atoms with Crippen molar-refractivity contribution in [3.8, 4) is 0 Å². The maximum absolute atomic E-state index is 12.3. The molecule has 2 atom stereocenters. The molecular formula is C20H32BrNO5Si. The minimum Gasteiger partial charge on any atom is -0.480 e. The number of carbonyl (C=O) groups is 2. The summed E-state index contributed by atoms with van der Waals surface area (Å²) in [6, 6.07) is 5.96. The Kier molecular flexibility index (Phi) is 7.89. The number of benzene rings is 1. The van der Waals surface area contributed by atoms with Crippen LogP contribution in [0.25, 0.3) is 0 Å². The number of aliphatic carboxylic acids is 1. The van der Waals surface area contributed by atoms with E-state index in [1.807, 2.05) is 25.2 Å². The van der Waals surface area contributed by atoms with Gasteiger partial charge in [-0.3, -0.25) is 0 Å². The second-order valence-electron chi connectivity index (χ2n) is 9.31. The summed E-state index contributed by atoms with van der Waals surface area (Å²) >= 11 is 3.39. The van der Waals surface area contributed by atoms with Gasteiger partial charge in [0.15, 0.2) is 14.4 Å². The highest BCUT2D eigenvalue weighted by Gasteiger charge is 2.43. The summed E-state index contributed by atoms with van der Waals surface area (Å²) in [5.41, 5.74) is -0.0583. The van der Waals surface area contributed by atoms with Crippen LogP contribution in [0.15, 0.2) is 28.7 Å². The molecule has 0 spiro atoms. The number of hydrogen-bond acceptors (Lipinski definition) is 4. The highest BCUT2D eigenvalue weighted by atomic mass is 79.9. The Morgan fingerprint density at radius 3 is 1.96 bits per heavy atom.